The number of rotatable bonds is 5. The SMILES string of the molecule is CC[Si](OC)(OC)C(C)N=C=O. The molecular weight excluding hydrogens is 174 g/mol. The molecule has 0 saturated carbocycles. The summed E-state index contributed by atoms with van der Waals surface area (Å²) >= 11 is 0. The van der Waals surface area contributed by atoms with Crippen LogP contribution in [0.5, 0.6) is 0 Å². The second-order valence-corrected chi connectivity index (χ2v) is 6.45. The zero-order valence-corrected chi connectivity index (χ0v) is 8.96. The van der Waals surface area contributed by atoms with E-state index < -0.39 is 8.56 Å². The van der Waals surface area contributed by atoms with Crippen molar-refractivity contribution in [3.8, 4) is 0 Å². The average molecular weight is 189 g/mol. The lowest BCUT2D eigenvalue weighted by Gasteiger charge is -2.28. The third-order valence-electron chi connectivity index (χ3n) is 2.07. The molecule has 70 valence electrons. The third-order valence-corrected chi connectivity index (χ3v) is 5.84. The van der Waals surface area contributed by atoms with Gasteiger partial charge in [0.1, 0.15) is 5.67 Å². The summed E-state index contributed by atoms with van der Waals surface area (Å²) in [6.45, 7) is 3.78. The van der Waals surface area contributed by atoms with Crippen LogP contribution < -0.4 is 0 Å². The topological polar surface area (TPSA) is 47.9 Å². The van der Waals surface area contributed by atoms with Gasteiger partial charge < -0.3 is 8.85 Å². The van der Waals surface area contributed by atoms with Gasteiger partial charge in [0.2, 0.25) is 6.08 Å². The summed E-state index contributed by atoms with van der Waals surface area (Å²) in [5.41, 5.74) is -0.199. The van der Waals surface area contributed by atoms with Gasteiger partial charge in [0.25, 0.3) is 0 Å². The smallest absolute Gasteiger partial charge is 0.363 e. The van der Waals surface area contributed by atoms with Gasteiger partial charge in [-0.15, -0.1) is 0 Å². The van der Waals surface area contributed by atoms with Gasteiger partial charge in [0.05, 0.1) is 0 Å². The van der Waals surface area contributed by atoms with Gasteiger partial charge in [-0.25, -0.2) is 9.79 Å². The van der Waals surface area contributed by atoms with Gasteiger partial charge >= 0.3 is 8.56 Å². The van der Waals surface area contributed by atoms with Crippen molar-refractivity contribution in [3.05, 3.63) is 0 Å². The molecule has 0 spiro atoms. The number of aliphatic imine (C=N–C) groups is 1. The maximum Gasteiger partial charge on any atom is 0.363 e. The Morgan fingerprint density at radius 3 is 2.25 bits per heavy atom. The molecule has 1 atom stereocenters. The van der Waals surface area contributed by atoms with Crippen molar-refractivity contribution in [2.75, 3.05) is 14.2 Å². The average Bonchev–Trinajstić information content (AvgIpc) is 2.09. The van der Waals surface area contributed by atoms with Gasteiger partial charge in [-0.05, 0) is 13.0 Å². The van der Waals surface area contributed by atoms with Crippen molar-refractivity contribution >= 4 is 14.6 Å². The third kappa shape index (κ3) is 2.25. The summed E-state index contributed by atoms with van der Waals surface area (Å²) in [6, 6.07) is 0.770. The summed E-state index contributed by atoms with van der Waals surface area (Å²) in [5.74, 6) is 0. The Bertz CT molecular complexity index is 167. The monoisotopic (exact) mass is 189 g/mol. The molecule has 0 N–H and O–H groups in total. The van der Waals surface area contributed by atoms with Crippen LogP contribution in [0, 0.1) is 0 Å². The molecule has 0 aliphatic heterocycles. The fraction of sp³-hybridized carbons (Fsp3) is 0.857. The number of hydrogen-bond donors (Lipinski definition) is 0. The molecule has 0 amide bonds. The van der Waals surface area contributed by atoms with Gasteiger partial charge in [-0.2, -0.15) is 0 Å². The Hall–Kier alpha value is -0.483. The van der Waals surface area contributed by atoms with Crippen molar-refractivity contribution in [1.29, 1.82) is 0 Å². The minimum absolute atomic E-state index is 0.199. The van der Waals surface area contributed by atoms with E-state index in [0.29, 0.717) is 0 Å². The molecule has 0 bridgehead atoms. The lowest BCUT2D eigenvalue weighted by atomic mass is 10.8. The molecule has 0 heterocycles. The van der Waals surface area contributed by atoms with Crippen molar-refractivity contribution in [1.82, 2.24) is 0 Å². The molecule has 0 rings (SSSR count). The van der Waals surface area contributed by atoms with Gasteiger partial charge in [0.15, 0.2) is 0 Å². The second-order valence-electron chi connectivity index (χ2n) is 2.47. The molecule has 0 aromatic carbocycles. The molecule has 0 aromatic heterocycles. The van der Waals surface area contributed by atoms with Crippen LogP contribution in [0.2, 0.25) is 6.04 Å². The Labute approximate surface area is 73.8 Å². The van der Waals surface area contributed by atoms with Crippen molar-refractivity contribution in [2.45, 2.75) is 25.6 Å². The first-order valence-electron chi connectivity index (χ1n) is 3.84. The van der Waals surface area contributed by atoms with Gasteiger partial charge in [0, 0.05) is 14.2 Å². The molecule has 1 unspecified atom stereocenters. The first-order chi connectivity index (χ1) is 5.66. The van der Waals surface area contributed by atoms with E-state index in [1.165, 1.54) is 6.08 Å². The van der Waals surface area contributed by atoms with Crippen LogP contribution in [0.25, 0.3) is 0 Å². The normalized spacial score (nSPS) is 13.7. The van der Waals surface area contributed by atoms with Crippen LogP contribution in [0.4, 0.5) is 0 Å². The molecule has 0 saturated heterocycles. The first-order valence-corrected chi connectivity index (χ1v) is 5.94. The molecule has 0 aliphatic rings. The van der Waals surface area contributed by atoms with E-state index in [0.717, 1.165) is 6.04 Å². The summed E-state index contributed by atoms with van der Waals surface area (Å²) in [7, 11) is 0.916. The van der Waals surface area contributed by atoms with Crippen LogP contribution in [0.15, 0.2) is 4.99 Å². The Morgan fingerprint density at radius 2 is 2.00 bits per heavy atom. The molecule has 0 radical (unpaired) electrons. The Balaban J connectivity index is 4.56. The summed E-state index contributed by atoms with van der Waals surface area (Å²) in [4.78, 5) is 13.6. The van der Waals surface area contributed by atoms with E-state index in [-0.39, 0.29) is 5.67 Å². The largest absolute Gasteiger partial charge is 0.396 e. The zero-order chi connectivity index (χ0) is 9.61. The summed E-state index contributed by atoms with van der Waals surface area (Å²) in [5, 5.41) is 0. The van der Waals surface area contributed by atoms with Gasteiger partial charge in [-0.3, -0.25) is 0 Å². The number of hydrogen-bond acceptors (Lipinski definition) is 4. The number of isocyanates is 1. The Kier molecular flexibility index (Phi) is 5.00. The summed E-state index contributed by atoms with van der Waals surface area (Å²) < 4.78 is 10.6. The fourth-order valence-corrected chi connectivity index (χ4v) is 3.45. The van der Waals surface area contributed by atoms with E-state index in [1.54, 1.807) is 14.2 Å². The number of nitrogens with zero attached hydrogens (tertiary/aromatic N) is 1. The predicted octanol–water partition coefficient (Wildman–Crippen LogP) is 1.00. The van der Waals surface area contributed by atoms with Crippen molar-refractivity contribution < 1.29 is 13.6 Å². The highest BCUT2D eigenvalue weighted by molar-refractivity contribution is 6.69. The van der Waals surface area contributed by atoms with Gasteiger partial charge in [-0.1, -0.05) is 6.92 Å². The lowest BCUT2D eigenvalue weighted by molar-refractivity contribution is 0.233. The maximum atomic E-state index is 10.0. The highest BCUT2D eigenvalue weighted by Gasteiger charge is 2.40. The van der Waals surface area contributed by atoms with E-state index in [4.69, 9.17) is 8.85 Å². The Morgan fingerprint density at radius 1 is 1.50 bits per heavy atom. The van der Waals surface area contributed by atoms with Crippen LogP contribution >= 0.6 is 0 Å². The minimum Gasteiger partial charge on any atom is -0.396 e. The molecule has 0 fully saturated rings. The quantitative estimate of drug-likeness (QED) is 0.368. The van der Waals surface area contributed by atoms with Crippen LogP contribution in [-0.2, 0) is 13.6 Å². The maximum absolute atomic E-state index is 10.0. The molecule has 4 nitrogen and oxygen atoms in total. The van der Waals surface area contributed by atoms with Crippen LogP contribution in [0.1, 0.15) is 13.8 Å². The zero-order valence-electron chi connectivity index (χ0n) is 7.96. The van der Waals surface area contributed by atoms with Crippen molar-refractivity contribution in [3.63, 3.8) is 0 Å². The second kappa shape index (κ2) is 5.21. The molecule has 12 heavy (non-hydrogen) atoms. The lowest BCUT2D eigenvalue weighted by Crippen LogP contribution is -2.49. The predicted molar refractivity (Wildman–Crippen MR) is 47.8 cm³/mol. The van der Waals surface area contributed by atoms with Crippen molar-refractivity contribution in [2.24, 2.45) is 4.99 Å². The van der Waals surface area contributed by atoms with Crippen LogP contribution in [-0.4, -0.2) is 34.5 Å². The first kappa shape index (κ1) is 11.5. The summed E-state index contributed by atoms with van der Waals surface area (Å²) in [6.07, 6.45) is 1.53. The molecule has 5 heteroatoms. The molecule has 0 aliphatic carbocycles. The fourth-order valence-electron chi connectivity index (χ4n) is 1.19. The molecule has 0 aromatic rings. The minimum atomic E-state index is -2.27. The van der Waals surface area contributed by atoms with E-state index in [2.05, 4.69) is 4.99 Å². The standard InChI is InChI=1S/C7H15NO3Si/c1-5-12(10-3,11-4)7(2)8-6-9/h7H,5H2,1-4H3. The molecular formula is C7H15NO3Si. The van der Waals surface area contributed by atoms with E-state index in [9.17, 15) is 4.79 Å². The van der Waals surface area contributed by atoms with E-state index in [1.807, 2.05) is 13.8 Å². The highest BCUT2D eigenvalue weighted by atomic mass is 28.4. The highest BCUT2D eigenvalue weighted by Crippen LogP contribution is 2.17. The number of carbonyl (C=O) groups excluding carboxylic acids is 1. The van der Waals surface area contributed by atoms with Crippen LogP contribution in [0.3, 0.4) is 0 Å². The van der Waals surface area contributed by atoms with E-state index >= 15 is 0 Å².